The Morgan fingerprint density at radius 3 is 2.53 bits per heavy atom. The summed E-state index contributed by atoms with van der Waals surface area (Å²) in [5, 5.41) is 0.898. The second-order valence-electron chi connectivity index (χ2n) is 9.30. The monoisotopic (exact) mass is 431 g/mol. The summed E-state index contributed by atoms with van der Waals surface area (Å²) in [4.78, 5) is 25.9. The molecule has 164 valence electrons. The normalized spacial score (nSPS) is 22.3. The smallest absolute Gasteiger partial charge is 0.419 e. The molecule has 0 saturated carbocycles. The number of benzene rings is 2. The number of ketones is 1. The van der Waals surface area contributed by atoms with Gasteiger partial charge >= 0.3 is 6.09 Å². The molecule has 3 atom stereocenters. The molecule has 2 aliphatic rings. The predicted molar refractivity (Wildman–Crippen MR) is 120 cm³/mol. The van der Waals surface area contributed by atoms with Crippen LogP contribution in [-0.4, -0.2) is 28.1 Å². The van der Waals surface area contributed by atoms with Gasteiger partial charge in [-0.2, -0.15) is 0 Å². The van der Waals surface area contributed by atoms with Gasteiger partial charge in [-0.15, -0.1) is 0 Å². The van der Waals surface area contributed by atoms with Crippen LogP contribution >= 0.6 is 0 Å². The Hall–Kier alpha value is -3.54. The van der Waals surface area contributed by atoms with Gasteiger partial charge in [-0.05, 0) is 39.0 Å². The highest BCUT2D eigenvalue weighted by Gasteiger charge is 2.43. The minimum atomic E-state index is -0.613. The van der Waals surface area contributed by atoms with Gasteiger partial charge < -0.3 is 14.2 Å². The SMILES string of the molecule is C[C@@H]1[C@H]2Oc3ccccc3C(=O)C2=CO[C@H]1c1cn(C(=O)OC(C)(C)C)c2ccccc12. The average molecular weight is 431 g/mol. The summed E-state index contributed by atoms with van der Waals surface area (Å²) in [5.74, 6) is 0.354. The molecule has 2 aliphatic heterocycles. The highest BCUT2D eigenvalue weighted by Crippen LogP contribution is 2.44. The molecule has 2 aromatic carbocycles. The quantitative estimate of drug-likeness (QED) is 0.497. The van der Waals surface area contributed by atoms with Crippen LogP contribution in [0.1, 0.15) is 49.7 Å². The minimum absolute atomic E-state index is 0.0710. The highest BCUT2D eigenvalue weighted by atomic mass is 16.6. The lowest BCUT2D eigenvalue weighted by Gasteiger charge is -2.38. The van der Waals surface area contributed by atoms with Crippen LogP contribution in [0.4, 0.5) is 4.79 Å². The standard InChI is InChI=1S/C26H25NO5/c1-15-23(30-14-19-22(28)17-10-6-8-12-21(17)31-24(15)19)18-13-27(25(29)32-26(2,3)4)20-11-7-5-9-16(18)20/h5-15,23-24H,1-4H3/t15-,23+,24+/m0/s1. The van der Waals surface area contributed by atoms with Crippen molar-refractivity contribution >= 4 is 22.8 Å². The number of rotatable bonds is 1. The van der Waals surface area contributed by atoms with E-state index in [-0.39, 0.29) is 11.7 Å². The Balaban J connectivity index is 1.55. The molecule has 0 saturated heterocycles. The lowest BCUT2D eigenvalue weighted by molar-refractivity contribution is 0.00879. The molecular formula is C26H25NO5. The third kappa shape index (κ3) is 3.27. The van der Waals surface area contributed by atoms with E-state index in [1.165, 1.54) is 10.8 Å². The van der Waals surface area contributed by atoms with Gasteiger partial charge in [0.25, 0.3) is 0 Å². The topological polar surface area (TPSA) is 66.8 Å². The molecule has 0 N–H and O–H groups in total. The molecule has 3 heterocycles. The molecule has 0 aliphatic carbocycles. The Kier molecular flexibility index (Phi) is 4.62. The Morgan fingerprint density at radius 1 is 1.03 bits per heavy atom. The molecule has 6 nitrogen and oxygen atoms in total. The van der Waals surface area contributed by atoms with Crippen LogP contribution in [0.15, 0.2) is 66.6 Å². The van der Waals surface area contributed by atoms with E-state index < -0.39 is 23.9 Å². The maximum absolute atomic E-state index is 13.0. The van der Waals surface area contributed by atoms with Crippen molar-refractivity contribution in [1.29, 1.82) is 0 Å². The molecule has 0 unspecified atom stereocenters. The number of carbonyl (C=O) groups excluding carboxylic acids is 2. The second-order valence-corrected chi connectivity index (χ2v) is 9.30. The number of carbonyl (C=O) groups is 2. The first-order valence-electron chi connectivity index (χ1n) is 10.7. The number of nitrogens with zero attached hydrogens (tertiary/aromatic N) is 1. The zero-order valence-electron chi connectivity index (χ0n) is 18.5. The molecule has 6 heteroatoms. The van der Waals surface area contributed by atoms with Crippen molar-refractivity contribution in [2.24, 2.45) is 5.92 Å². The Morgan fingerprint density at radius 2 is 1.75 bits per heavy atom. The van der Waals surface area contributed by atoms with Crippen LogP contribution in [-0.2, 0) is 9.47 Å². The summed E-state index contributed by atoms with van der Waals surface area (Å²) in [6.45, 7) is 7.52. The Labute approximate surface area is 186 Å². The number of hydrogen-bond donors (Lipinski definition) is 0. The molecule has 0 fully saturated rings. The summed E-state index contributed by atoms with van der Waals surface area (Å²) in [5.41, 5.74) is 2.05. The number of ether oxygens (including phenoxy) is 3. The van der Waals surface area contributed by atoms with Crippen LogP contribution in [0, 0.1) is 5.92 Å². The zero-order chi connectivity index (χ0) is 22.6. The maximum atomic E-state index is 13.0. The molecule has 0 spiro atoms. The van der Waals surface area contributed by atoms with E-state index >= 15 is 0 Å². The fourth-order valence-electron chi connectivity index (χ4n) is 4.43. The van der Waals surface area contributed by atoms with Gasteiger partial charge in [0, 0.05) is 23.1 Å². The first-order valence-corrected chi connectivity index (χ1v) is 10.7. The molecule has 3 aromatic rings. The van der Waals surface area contributed by atoms with Gasteiger partial charge in [-0.25, -0.2) is 4.79 Å². The van der Waals surface area contributed by atoms with Crippen LogP contribution < -0.4 is 4.74 Å². The first kappa shape index (κ1) is 20.4. The highest BCUT2D eigenvalue weighted by molar-refractivity contribution is 6.12. The van der Waals surface area contributed by atoms with Gasteiger partial charge in [0.15, 0.2) is 5.78 Å². The predicted octanol–water partition coefficient (Wildman–Crippen LogP) is 5.66. The number of hydrogen-bond acceptors (Lipinski definition) is 5. The molecule has 1 aromatic heterocycles. The fourth-order valence-corrected chi connectivity index (χ4v) is 4.43. The zero-order valence-corrected chi connectivity index (χ0v) is 18.5. The van der Waals surface area contributed by atoms with E-state index in [1.54, 1.807) is 12.3 Å². The molecule has 0 radical (unpaired) electrons. The largest absolute Gasteiger partial charge is 0.492 e. The van der Waals surface area contributed by atoms with Crippen LogP contribution in [0.2, 0.25) is 0 Å². The second kappa shape index (κ2) is 7.26. The molecule has 0 amide bonds. The van der Waals surface area contributed by atoms with Crippen molar-refractivity contribution in [3.05, 3.63) is 77.7 Å². The molecule has 32 heavy (non-hydrogen) atoms. The maximum Gasteiger partial charge on any atom is 0.419 e. The number of fused-ring (bicyclic) bond motifs is 3. The van der Waals surface area contributed by atoms with E-state index in [0.29, 0.717) is 16.9 Å². The van der Waals surface area contributed by atoms with Crippen molar-refractivity contribution in [2.75, 3.05) is 0 Å². The van der Waals surface area contributed by atoms with Gasteiger partial charge in [-0.3, -0.25) is 9.36 Å². The summed E-state index contributed by atoms with van der Waals surface area (Å²) in [6, 6.07) is 14.9. The molecular weight excluding hydrogens is 406 g/mol. The van der Waals surface area contributed by atoms with Crippen molar-refractivity contribution in [3.8, 4) is 5.75 Å². The number of Topliss-reactive ketones (excluding diaryl/α,β-unsaturated/α-hetero) is 1. The van der Waals surface area contributed by atoms with Gasteiger partial charge in [0.1, 0.15) is 23.6 Å². The number of para-hydroxylation sites is 2. The summed E-state index contributed by atoms with van der Waals surface area (Å²) in [6.07, 6.45) is 2.03. The van der Waals surface area contributed by atoms with Crippen molar-refractivity contribution in [1.82, 2.24) is 4.57 Å². The third-order valence-corrected chi connectivity index (χ3v) is 5.89. The Bertz CT molecular complexity index is 1260. The lowest BCUT2D eigenvalue weighted by Crippen LogP contribution is -2.41. The van der Waals surface area contributed by atoms with Crippen molar-refractivity contribution in [2.45, 2.75) is 45.5 Å². The van der Waals surface area contributed by atoms with Gasteiger partial charge in [0.2, 0.25) is 0 Å². The van der Waals surface area contributed by atoms with E-state index in [9.17, 15) is 9.59 Å². The molecule has 0 bridgehead atoms. The van der Waals surface area contributed by atoms with Gasteiger partial charge in [0.05, 0.1) is 22.9 Å². The van der Waals surface area contributed by atoms with E-state index in [0.717, 1.165) is 16.5 Å². The van der Waals surface area contributed by atoms with Crippen LogP contribution in [0.3, 0.4) is 0 Å². The lowest BCUT2D eigenvalue weighted by atomic mass is 9.82. The van der Waals surface area contributed by atoms with E-state index in [4.69, 9.17) is 14.2 Å². The first-order chi connectivity index (χ1) is 15.2. The molecule has 5 rings (SSSR count). The van der Waals surface area contributed by atoms with Gasteiger partial charge in [-0.1, -0.05) is 37.3 Å². The number of aromatic nitrogens is 1. The fraction of sp³-hybridized carbons (Fsp3) is 0.308. The third-order valence-electron chi connectivity index (χ3n) is 5.89. The van der Waals surface area contributed by atoms with Crippen LogP contribution in [0.25, 0.3) is 10.9 Å². The van der Waals surface area contributed by atoms with E-state index in [1.807, 2.05) is 70.2 Å². The summed E-state index contributed by atoms with van der Waals surface area (Å²) in [7, 11) is 0. The van der Waals surface area contributed by atoms with E-state index in [2.05, 4.69) is 0 Å². The summed E-state index contributed by atoms with van der Waals surface area (Å²) >= 11 is 0. The minimum Gasteiger partial charge on any atom is -0.492 e. The average Bonchev–Trinajstić information content (AvgIpc) is 3.13. The van der Waals surface area contributed by atoms with Crippen LogP contribution in [0.5, 0.6) is 5.75 Å². The van der Waals surface area contributed by atoms with Crippen molar-refractivity contribution < 1.29 is 23.8 Å². The summed E-state index contributed by atoms with van der Waals surface area (Å²) < 4.78 is 19.5. The van der Waals surface area contributed by atoms with Crippen molar-refractivity contribution in [3.63, 3.8) is 0 Å².